The van der Waals surface area contributed by atoms with Gasteiger partial charge in [-0.05, 0) is 38.3 Å². The summed E-state index contributed by atoms with van der Waals surface area (Å²) in [5.41, 5.74) is 1.09. The Morgan fingerprint density at radius 2 is 2.30 bits per heavy atom. The van der Waals surface area contributed by atoms with Gasteiger partial charge >= 0.3 is 0 Å². The molecule has 2 rings (SSSR count). The van der Waals surface area contributed by atoms with Crippen molar-refractivity contribution in [3.63, 3.8) is 0 Å². The largest absolute Gasteiger partial charge is 0.391 e. The number of likely N-dealkylation sites (tertiary alicyclic amines) is 1. The van der Waals surface area contributed by atoms with E-state index >= 15 is 0 Å². The monoisotopic (exact) mass is 297 g/mol. The van der Waals surface area contributed by atoms with Crippen molar-refractivity contribution in [2.24, 2.45) is 5.92 Å². The van der Waals surface area contributed by atoms with Gasteiger partial charge in [0, 0.05) is 20.1 Å². The van der Waals surface area contributed by atoms with Crippen LogP contribution in [0.3, 0.4) is 0 Å². The van der Waals surface area contributed by atoms with Crippen molar-refractivity contribution in [2.75, 3.05) is 38.6 Å². The van der Waals surface area contributed by atoms with Crippen LogP contribution in [0.5, 0.6) is 0 Å². The Bertz CT molecular complexity index is 435. The highest BCUT2D eigenvalue weighted by molar-refractivity contribution is 7.15. The zero-order chi connectivity index (χ0) is 14.7. The number of thiazole rings is 1. The molecule has 2 atom stereocenters. The van der Waals surface area contributed by atoms with E-state index in [1.165, 1.54) is 19.5 Å². The molecule has 1 aliphatic rings. The Balaban J connectivity index is 2.06. The number of nitrogens with zero attached hydrogens (tertiary/aromatic N) is 3. The highest BCUT2D eigenvalue weighted by atomic mass is 32.1. The molecular weight excluding hydrogens is 270 g/mol. The second-order valence-electron chi connectivity index (χ2n) is 6.07. The minimum atomic E-state index is 0.108. The average Bonchev–Trinajstić information content (AvgIpc) is 3.04. The van der Waals surface area contributed by atoms with E-state index in [1.807, 2.05) is 0 Å². The topological polar surface area (TPSA) is 39.6 Å². The summed E-state index contributed by atoms with van der Waals surface area (Å²) in [6, 6.07) is 0. The van der Waals surface area contributed by atoms with Crippen LogP contribution >= 0.6 is 11.3 Å². The minimum absolute atomic E-state index is 0.108. The maximum Gasteiger partial charge on any atom is 0.185 e. The molecule has 1 aromatic rings. The smallest absolute Gasteiger partial charge is 0.185 e. The fourth-order valence-corrected chi connectivity index (χ4v) is 3.86. The summed E-state index contributed by atoms with van der Waals surface area (Å²) in [4.78, 5) is 10.5. The standard InChI is InChI=1S/C15H27N3OS/c1-5-11(2)14-13(10-19)20-15(16-14)18(4)9-12-6-7-17(3)8-12/h11-12,19H,5-10H2,1-4H3. The molecule has 0 aliphatic carbocycles. The number of rotatable bonds is 6. The van der Waals surface area contributed by atoms with Gasteiger partial charge in [-0.15, -0.1) is 0 Å². The Morgan fingerprint density at radius 3 is 2.85 bits per heavy atom. The average molecular weight is 297 g/mol. The summed E-state index contributed by atoms with van der Waals surface area (Å²) in [5, 5.41) is 10.6. The third-order valence-electron chi connectivity index (χ3n) is 4.29. The molecule has 1 fully saturated rings. The van der Waals surface area contributed by atoms with Crippen LogP contribution in [0.15, 0.2) is 0 Å². The van der Waals surface area contributed by atoms with Crippen molar-refractivity contribution in [1.29, 1.82) is 0 Å². The van der Waals surface area contributed by atoms with Crippen LogP contribution in [-0.4, -0.2) is 48.7 Å². The van der Waals surface area contributed by atoms with Crippen molar-refractivity contribution in [3.8, 4) is 0 Å². The van der Waals surface area contributed by atoms with E-state index in [1.54, 1.807) is 11.3 Å². The van der Waals surface area contributed by atoms with Gasteiger partial charge in [0.2, 0.25) is 0 Å². The van der Waals surface area contributed by atoms with Crippen LogP contribution in [0.2, 0.25) is 0 Å². The number of hydrogen-bond donors (Lipinski definition) is 1. The van der Waals surface area contributed by atoms with E-state index in [0.717, 1.165) is 34.6 Å². The number of aliphatic hydroxyl groups excluding tert-OH is 1. The van der Waals surface area contributed by atoms with Gasteiger partial charge in [-0.1, -0.05) is 25.2 Å². The van der Waals surface area contributed by atoms with Crippen LogP contribution in [-0.2, 0) is 6.61 Å². The molecule has 1 saturated heterocycles. The number of aliphatic hydroxyl groups is 1. The van der Waals surface area contributed by atoms with Crippen molar-refractivity contribution in [1.82, 2.24) is 9.88 Å². The zero-order valence-electron chi connectivity index (χ0n) is 13.1. The Morgan fingerprint density at radius 1 is 1.55 bits per heavy atom. The van der Waals surface area contributed by atoms with E-state index in [4.69, 9.17) is 4.98 Å². The van der Waals surface area contributed by atoms with Gasteiger partial charge in [0.15, 0.2) is 5.13 Å². The van der Waals surface area contributed by atoms with E-state index in [-0.39, 0.29) is 6.61 Å². The predicted molar refractivity (Wildman–Crippen MR) is 85.6 cm³/mol. The van der Waals surface area contributed by atoms with Gasteiger partial charge in [0.25, 0.3) is 0 Å². The molecule has 0 radical (unpaired) electrons. The highest BCUT2D eigenvalue weighted by Gasteiger charge is 2.23. The summed E-state index contributed by atoms with van der Waals surface area (Å²) < 4.78 is 0. The van der Waals surface area contributed by atoms with Gasteiger partial charge in [-0.3, -0.25) is 0 Å². The summed E-state index contributed by atoms with van der Waals surface area (Å²) in [6.07, 6.45) is 2.34. The zero-order valence-corrected chi connectivity index (χ0v) is 13.9. The van der Waals surface area contributed by atoms with E-state index in [0.29, 0.717) is 5.92 Å². The van der Waals surface area contributed by atoms with Gasteiger partial charge in [0.1, 0.15) is 0 Å². The van der Waals surface area contributed by atoms with Crippen molar-refractivity contribution in [2.45, 2.75) is 39.2 Å². The van der Waals surface area contributed by atoms with Crippen LogP contribution in [0.4, 0.5) is 5.13 Å². The summed E-state index contributed by atoms with van der Waals surface area (Å²) in [7, 11) is 4.31. The quantitative estimate of drug-likeness (QED) is 0.876. The van der Waals surface area contributed by atoms with Crippen LogP contribution in [0.1, 0.15) is 43.2 Å². The van der Waals surface area contributed by atoms with Gasteiger partial charge in [0.05, 0.1) is 17.2 Å². The molecule has 2 heterocycles. The van der Waals surface area contributed by atoms with Gasteiger partial charge in [-0.2, -0.15) is 0 Å². The number of aromatic nitrogens is 1. The third kappa shape index (κ3) is 3.51. The highest BCUT2D eigenvalue weighted by Crippen LogP contribution is 2.32. The third-order valence-corrected chi connectivity index (χ3v) is 5.46. The first-order chi connectivity index (χ1) is 9.55. The molecule has 0 aromatic carbocycles. The van der Waals surface area contributed by atoms with Crippen LogP contribution in [0, 0.1) is 5.92 Å². The fraction of sp³-hybridized carbons (Fsp3) is 0.800. The molecule has 0 saturated carbocycles. The lowest BCUT2D eigenvalue weighted by Crippen LogP contribution is -2.27. The lowest BCUT2D eigenvalue weighted by atomic mass is 10.0. The van der Waals surface area contributed by atoms with E-state index in [2.05, 4.69) is 37.7 Å². The Labute approximate surface area is 126 Å². The lowest BCUT2D eigenvalue weighted by Gasteiger charge is -2.20. The second-order valence-corrected chi connectivity index (χ2v) is 7.13. The molecule has 1 N–H and O–H groups in total. The molecule has 114 valence electrons. The van der Waals surface area contributed by atoms with Crippen molar-refractivity contribution in [3.05, 3.63) is 10.6 Å². The molecular formula is C15H27N3OS. The van der Waals surface area contributed by atoms with Crippen LogP contribution in [0.25, 0.3) is 0 Å². The van der Waals surface area contributed by atoms with Gasteiger partial charge in [-0.25, -0.2) is 4.98 Å². The molecule has 4 nitrogen and oxygen atoms in total. The Hall–Kier alpha value is -0.650. The second kappa shape index (κ2) is 6.87. The molecule has 0 bridgehead atoms. The number of hydrogen-bond acceptors (Lipinski definition) is 5. The van der Waals surface area contributed by atoms with E-state index < -0.39 is 0 Å². The first-order valence-electron chi connectivity index (χ1n) is 7.55. The lowest BCUT2D eigenvalue weighted by molar-refractivity contribution is 0.283. The Kier molecular flexibility index (Phi) is 5.41. The molecule has 1 aromatic heterocycles. The van der Waals surface area contributed by atoms with E-state index in [9.17, 15) is 5.11 Å². The van der Waals surface area contributed by atoms with Crippen molar-refractivity contribution < 1.29 is 5.11 Å². The summed E-state index contributed by atoms with van der Waals surface area (Å²) in [6.45, 7) is 7.91. The minimum Gasteiger partial charge on any atom is -0.391 e. The van der Waals surface area contributed by atoms with Crippen LogP contribution < -0.4 is 4.90 Å². The first kappa shape index (κ1) is 15.7. The molecule has 5 heteroatoms. The summed E-state index contributed by atoms with van der Waals surface area (Å²) in [5.74, 6) is 1.16. The van der Waals surface area contributed by atoms with Gasteiger partial charge < -0.3 is 14.9 Å². The summed E-state index contributed by atoms with van der Waals surface area (Å²) >= 11 is 1.65. The maximum absolute atomic E-state index is 9.52. The SMILES string of the molecule is CCC(C)c1nc(N(C)CC2CCN(C)C2)sc1CO. The van der Waals surface area contributed by atoms with Crippen molar-refractivity contribution >= 4 is 16.5 Å². The molecule has 2 unspecified atom stereocenters. The molecule has 20 heavy (non-hydrogen) atoms. The molecule has 1 aliphatic heterocycles. The molecule has 0 amide bonds. The molecule has 0 spiro atoms. The normalized spacial score (nSPS) is 21.4. The predicted octanol–water partition coefficient (Wildman–Crippen LogP) is 2.54. The fourth-order valence-electron chi connectivity index (χ4n) is 2.85. The maximum atomic E-state index is 9.52. The number of anilines is 1. The first-order valence-corrected chi connectivity index (χ1v) is 8.36.